The highest BCUT2D eigenvalue weighted by Gasteiger charge is 2.05. The molecular weight excluding hydrogens is 172 g/mol. The Hall–Kier alpha value is -1.31. The summed E-state index contributed by atoms with van der Waals surface area (Å²) in [4.78, 5) is 0. The molecule has 1 N–H and O–H groups in total. The van der Waals surface area contributed by atoms with E-state index in [4.69, 9.17) is 0 Å². The molecule has 0 amide bonds. The summed E-state index contributed by atoms with van der Waals surface area (Å²) >= 11 is 0. The van der Waals surface area contributed by atoms with Crippen LogP contribution in [0, 0.1) is 6.92 Å². The molecule has 2 heteroatoms. The number of hydrogen-bond donors (Lipinski definition) is 1. The molecule has 0 spiro atoms. The lowest BCUT2D eigenvalue weighted by molar-refractivity contribution is 0.442. The molecule has 0 aliphatic carbocycles. The van der Waals surface area contributed by atoms with E-state index in [0.29, 0.717) is 0 Å². The van der Waals surface area contributed by atoms with E-state index in [0.717, 1.165) is 5.56 Å². The summed E-state index contributed by atoms with van der Waals surface area (Å²) in [6.07, 6.45) is 1.84. The number of rotatable bonds is 2. The molecular formula is C12H18N2. The Bertz CT molecular complexity index is 304. The maximum Gasteiger partial charge on any atom is 0.0540 e. The Morgan fingerprint density at radius 2 is 1.71 bits per heavy atom. The molecule has 76 valence electrons. The fraction of sp³-hybridized carbons (Fsp3) is 0.417. The van der Waals surface area contributed by atoms with E-state index in [2.05, 4.69) is 62.5 Å². The fourth-order valence-electron chi connectivity index (χ4n) is 0.953. The molecule has 0 atom stereocenters. The zero-order valence-corrected chi connectivity index (χ0v) is 9.33. The number of hydrogen-bond acceptors (Lipinski definition) is 2. The predicted molar refractivity (Wildman–Crippen MR) is 61.7 cm³/mol. The van der Waals surface area contributed by atoms with Crippen LogP contribution >= 0.6 is 0 Å². The SMILES string of the molecule is Cc1ccc(/C=N/NC(C)(C)C)cc1. The largest absolute Gasteiger partial charge is 0.305 e. The van der Waals surface area contributed by atoms with Crippen molar-refractivity contribution in [1.82, 2.24) is 5.43 Å². The van der Waals surface area contributed by atoms with Gasteiger partial charge in [-0.05, 0) is 33.3 Å². The van der Waals surface area contributed by atoms with Crippen molar-refractivity contribution >= 4 is 6.21 Å². The maximum absolute atomic E-state index is 4.17. The lowest BCUT2D eigenvalue weighted by atomic mass is 10.1. The van der Waals surface area contributed by atoms with Gasteiger partial charge in [0.2, 0.25) is 0 Å². The number of nitrogens with zero attached hydrogens (tertiary/aromatic N) is 1. The quantitative estimate of drug-likeness (QED) is 0.563. The van der Waals surface area contributed by atoms with Gasteiger partial charge < -0.3 is 5.43 Å². The highest BCUT2D eigenvalue weighted by atomic mass is 15.3. The van der Waals surface area contributed by atoms with Crippen LogP contribution in [0.1, 0.15) is 31.9 Å². The molecule has 0 saturated heterocycles. The Morgan fingerprint density at radius 3 is 2.21 bits per heavy atom. The van der Waals surface area contributed by atoms with E-state index in [9.17, 15) is 0 Å². The lowest BCUT2D eigenvalue weighted by Gasteiger charge is -2.16. The van der Waals surface area contributed by atoms with Crippen LogP contribution in [0.5, 0.6) is 0 Å². The van der Waals surface area contributed by atoms with Crippen molar-refractivity contribution in [2.45, 2.75) is 33.2 Å². The second-order valence-electron chi connectivity index (χ2n) is 4.53. The summed E-state index contributed by atoms with van der Waals surface area (Å²) in [5.74, 6) is 0. The van der Waals surface area contributed by atoms with E-state index in [1.807, 2.05) is 6.21 Å². The molecule has 0 fully saturated rings. The van der Waals surface area contributed by atoms with Gasteiger partial charge in [-0.25, -0.2) is 0 Å². The minimum Gasteiger partial charge on any atom is -0.305 e. The van der Waals surface area contributed by atoms with Gasteiger partial charge in [-0.2, -0.15) is 5.10 Å². The third kappa shape index (κ3) is 4.08. The molecule has 0 bridgehead atoms. The van der Waals surface area contributed by atoms with Crippen molar-refractivity contribution in [2.75, 3.05) is 0 Å². The van der Waals surface area contributed by atoms with Crippen LogP contribution in [0.15, 0.2) is 29.4 Å². The smallest absolute Gasteiger partial charge is 0.0540 e. The summed E-state index contributed by atoms with van der Waals surface area (Å²) in [6, 6.07) is 8.28. The fourth-order valence-corrected chi connectivity index (χ4v) is 0.953. The average Bonchev–Trinajstić information content (AvgIpc) is 2.06. The molecule has 0 radical (unpaired) electrons. The number of nitrogens with one attached hydrogen (secondary N) is 1. The Labute approximate surface area is 86.0 Å². The highest BCUT2D eigenvalue weighted by molar-refractivity contribution is 5.79. The molecule has 1 aromatic rings. The van der Waals surface area contributed by atoms with E-state index >= 15 is 0 Å². The van der Waals surface area contributed by atoms with Crippen LogP contribution in [-0.2, 0) is 0 Å². The molecule has 0 aliphatic heterocycles. The summed E-state index contributed by atoms with van der Waals surface area (Å²) in [5, 5.41) is 4.17. The van der Waals surface area contributed by atoms with Gasteiger partial charge in [-0.15, -0.1) is 0 Å². The third-order valence-corrected chi connectivity index (χ3v) is 1.69. The first-order valence-electron chi connectivity index (χ1n) is 4.84. The Balaban J connectivity index is 2.57. The van der Waals surface area contributed by atoms with Gasteiger partial charge in [0, 0.05) is 5.54 Å². The van der Waals surface area contributed by atoms with Crippen LogP contribution in [0.3, 0.4) is 0 Å². The zero-order valence-electron chi connectivity index (χ0n) is 9.33. The average molecular weight is 190 g/mol. The summed E-state index contributed by atoms with van der Waals surface area (Å²) in [7, 11) is 0. The second kappa shape index (κ2) is 4.27. The first kappa shape index (κ1) is 10.8. The maximum atomic E-state index is 4.17. The van der Waals surface area contributed by atoms with Crippen molar-refractivity contribution in [1.29, 1.82) is 0 Å². The van der Waals surface area contributed by atoms with Crippen LogP contribution in [0.2, 0.25) is 0 Å². The van der Waals surface area contributed by atoms with Crippen molar-refractivity contribution in [3.8, 4) is 0 Å². The van der Waals surface area contributed by atoms with Crippen LogP contribution < -0.4 is 5.43 Å². The second-order valence-corrected chi connectivity index (χ2v) is 4.53. The van der Waals surface area contributed by atoms with Gasteiger partial charge in [0.25, 0.3) is 0 Å². The molecule has 1 aromatic carbocycles. The van der Waals surface area contributed by atoms with Gasteiger partial charge in [0.1, 0.15) is 0 Å². The van der Waals surface area contributed by atoms with E-state index < -0.39 is 0 Å². The minimum absolute atomic E-state index is 0.0290. The monoisotopic (exact) mass is 190 g/mol. The molecule has 0 aromatic heterocycles. The minimum atomic E-state index is 0.0290. The predicted octanol–water partition coefficient (Wildman–Crippen LogP) is 2.72. The first-order chi connectivity index (χ1) is 6.47. The van der Waals surface area contributed by atoms with E-state index in [-0.39, 0.29) is 5.54 Å². The number of hydrazone groups is 1. The Morgan fingerprint density at radius 1 is 1.14 bits per heavy atom. The molecule has 0 unspecified atom stereocenters. The topological polar surface area (TPSA) is 24.4 Å². The highest BCUT2D eigenvalue weighted by Crippen LogP contribution is 2.01. The summed E-state index contributed by atoms with van der Waals surface area (Å²) < 4.78 is 0. The van der Waals surface area contributed by atoms with Gasteiger partial charge in [0.15, 0.2) is 0 Å². The Kier molecular flexibility index (Phi) is 3.28. The van der Waals surface area contributed by atoms with Crippen LogP contribution in [-0.4, -0.2) is 11.8 Å². The molecule has 0 heterocycles. The normalized spacial score (nSPS) is 12.0. The number of aryl methyl sites for hydroxylation is 1. The molecule has 0 aliphatic rings. The van der Waals surface area contributed by atoms with Gasteiger partial charge in [-0.3, -0.25) is 0 Å². The van der Waals surface area contributed by atoms with Crippen LogP contribution in [0.4, 0.5) is 0 Å². The first-order valence-corrected chi connectivity index (χ1v) is 4.84. The van der Waals surface area contributed by atoms with E-state index in [1.165, 1.54) is 5.56 Å². The molecule has 0 saturated carbocycles. The van der Waals surface area contributed by atoms with Crippen molar-refractivity contribution < 1.29 is 0 Å². The van der Waals surface area contributed by atoms with Gasteiger partial charge >= 0.3 is 0 Å². The standard InChI is InChI=1S/C12H18N2/c1-10-5-7-11(8-6-10)9-13-14-12(2,3)4/h5-9,14H,1-4H3/b13-9+. The zero-order chi connectivity index (χ0) is 10.6. The van der Waals surface area contributed by atoms with Gasteiger partial charge in [0.05, 0.1) is 6.21 Å². The third-order valence-electron chi connectivity index (χ3n) is 1.69. The van der Waals surface area contributed by atoms with Crippen molar-refractivity contribution in [3.05, 3.63) is 35.4 Å². The van der Waals surface area contributed by atoms with Crippen LogP contribution in [0.25, 0.3) is 0 Å². The summed E-state index contributed by atoms with van der Waals surface area (Å²) in [6.45, 7) is 8.33. The molecule has 2 nitrogen and oxygen atoms in total. The lowest BCUT2D eigenvalue weighted by Crippen LogP contribution is -2.31. The number of benzene rings is 1. The molecule has 14 heavy (non-hydrogen) atoms. The van der Waals surface area contributed by atoms with E-state index in [1.54, 1.807) is 0 Å². The van der Waals surface area contributed by atoms with Crippen molar-refractivity contribution in [2.24, 2.45) is 5.10 Å². The van der Waals surface area contributed by atoms with Crippen molar-refractivity contribution in [3.63, 3.8) is 0 Å². The summed E-state index contributed by atoms with van der Waals surface area (Å²) in [5.41, 5.74) is 5.47. The van der Waals surface area contributed by atoms with Gasteiger partial charge in [-0.1, -0.05) is 29.8 Å². The molecule has 1 rings (SSSR count).